The van der Waals surface area contributed by atoms with Crippen molar-refractivity contribution in [2.24, 2.45) is 0 Å². The first-order valence-electron chi connectivity index (χ1n) is 9.32. The van der Waals surface area contributed by atoms with Gasteiger partial charge in [0.25, 0.3) is 11.6 Å². The summed E-state index contributed by atoms with van der Waals surface area (Å²) in [5.41, 5.74) is 1.84. The number of morpholine rings is 1. The molecule has 12 heteroatoms. The van der Waals surface area contributed by atoms with Crippen molar-refractivity contribution >= 4 is 51.7 Å². The van der Waals surface area contributed by atoms with Gasteiger partial charge in [0.05, 0.1) is 41.1 Å². The van der Waals surface area contributed by atoms with E-state index in [1.807, 2.05) is 4.90 Å². The topological polar surface area (TPSA) is 137 Å². The number of amides is 1. The first-order chi connectivity index (χ1) is 15.0. The molecule has 31 heavy (non-hydrogen) atoms. The van der Waals surface area contributed by atoms with E-state index in [2.05, 4.69) is 14.1 Å². The zero-order valence-corrected chi connectivity index (χ0v) is 17.0. The Hall–Kier alpha value is -3.64. The Balaban J connectivity index is 1.42. The van der Waals surface area contributed by atoms with E-state index in [0.717, 1.165) is 17.8 Å². The monoisotopic (exact) mass is 443 g/mol. The van der Waals surface area contributed by atoms with E-state index >= 15 is 0 Å². The number of carbonyl (C=O) groups excluding carboxylic acids is 2. The molecular formula is C19H17N5O6S. The average Bonchev–Trinajstić information content (AvgIpc) is 3.27. The van der Waals surface area contributed by atoms with Crippen LogP contribution in [-0.2, 0) is 14.3 Å². The number of hydrogen-bond donors (Lipinski definition) is 1. The van der Waals surface area contributed by atoms with Gasteiger partial charge in [-0.1, -0.05) is 6.07 Å². The summed E-state index contributed by atoms with van der Waals surface area (Å²) >= 11 is 1.02. The summed E-state index contributed by atoms with van der Waals surface area (Å²) in [5, 5.41) is 14.1. The van der Waals surface area contributed by atoms with Crippen molar-refractivity contribution in [1.29, 1.82) is 0 Å². The lowest BCUT2D eigenvalue weighted by Gasteiger charge is -2.28. The van der Waals surface area contributed by atoms with Crippen LogP contribution in [0.1, 0.15) is 10.4 Å². The van der Waals surface area contributed by atoms with E-state index in [9.17, 15) is 19.7 Å². The summed E-state index contributed by atoms with van der Waals surface area (Å²) in [4.78, 5) is 37.3. The van der Waals surface area contributed by atoms with E-state index in [1.165, 1.54) is 12.1 Å². The molecule has 4 rings (SSSR count). The van der Waals surface area contributed by atoms with Crippen LogP contribution < -0.4 is 10.2 Å². The molecule has 0 aliphatic carbocycles. The highest BCUT2D eigenvalue weighted by atomic mass is 32.1. The van der Waals surface area contributed by atoms with Crippen LogP contribution in [0, 0.1) is 10.1 Å². The summed E-state index contributed by atoms with van der Waals surface area (Å²) in [6.45, 7) is 1.44. The molecule has 0 spiro atoms. The predicted octanol–water partition coefficient (Wildman–Crippen LogP) is 2.23. The van der Waals surface area contributed by atoms with Gasteiger partial charge in [-0.15, -0.1) is 0 Å². The molecule has 0 bridgehead atoms. The second-order valence-corrected chi connectivity index (χ2v) is 7.15. The van der Waals surface area contributed by atoms with Crippen LogP contribution in [0.25, 0.3) is 11.0 Å². The Morgan fingerprint density at radius 1 is 1.23 bits per heavy atom. The van der Waals surface area contributed by atoms with Gasteiger partial charge < -0.3 is 19.7 Å². The van der Waals surface area contributed by atoms with Gasteiger partial charge in [-0.3, -0.25) is 14.9 Å². The largest absolute Gasteiger partial charge is 0.452 e. The molecular weight excluding hydrogens is 426 g/mol. The van der Waals surface area contributed by atoms with Crippen LogP contribution in [-0.4, -0.2) is 58.5 Å². The van der Waals surface area contributed by atoms with E-state index in [-0.39, 0.29) is 11.3 Å². The molecule has 1 aliphatic rings. The molecule has 2 aromatic carbocycles. The van der Waals surface area contributed by atoms with Crippen molar-refractivity contribution in [2.45, 2.75) is 0 Å². The number of benzene rings is 2. The van der Waals surface area contributed by atoms with Crippen LogP contribution in [0.2, 0.25) is 0 Å². The Morgan fingerprint density at radius 3 is 2.81 bits per heavy atom. The molecule has 1 N–H and O–H groups in total. The molecule has 1 fully saturated rings. The van der Waals surface area contributed by atoms with Crippen molar-refractivity contribution in [2.75, 3.05) is 43.1 Å². The molecule has 1 aliphatic heterocycles. The minimum absolute atomic E-state index is 0.0117. The number of hydrogen-bond acceptors (Lipinski definition) is 10. The van der Waals surface area contributed by atoms with Crippen LogP contribution in [0.15, 0.2) is 36.4 Å². The molecule has 160 valence electrons. The first kappa shape index (κ1) is 20.6. The molecule has 0 unspecified atom stereocenters. The van der Waals surface area contributed by atoms with Crippen molar-refractivity contribution in [3.8, 4) is 0 Å². The number of carbonyl (C=O) groups is 2. The quantitative estimate of drug-likeness (QED) is 0.345. The number of ether oxygens (including phenoxy) is 2. The molecule has 1 aromatic heterocycles. The SMILES string of the molecule is O=C(COC(=O)c1ccc(N2CCOCC2)c([N+](=O)[O-])c1)Nc1cccc2nsnc12. The fourth-order valence-corrected chi connectivity index (χ4v) is 3.73. The Bertz CT molecular complexity index is 1140. The summed E-state index contributed by atoms with van der Waals surface area (Å²) in [6, 6.07) is 9.27. The molecule has 2 heterocycles. The Kier molecular flexibility index (Phi) is 6.00. The second-order valence-electron chi connectivity index (χ2n) is 6.62. The molecule has 11 nitrogen and oxygen atoms in total. The van der Waals surface area contributed by atoms with Crippen molar-refractivity contribution < 1.29 is 24.0 Å². The minimum Gasteiger partial charge on any atom is -0.452 e. The van der Waals surface area contributed by atoms with Crippen LogP contribution in [0.5, 0.6) is 0 Å². The molecule has 0 atom stereocenters. The third kappa shape index (κ3) is 4.59. The van der Waals surface area contributed by atoms with Gasteiger partial charge in [-0.05, 0) is 24.3 Å². The number of nitro benzene ring substituents is 1. The summed E-state index contributed by atoms with van der Waals surface area (Å²) in [6.07, 6.45) is 0. The van der Waals surface area contributed by atoms with Crippen LogP contribution in [0.4, 0.5) is 17.1 Å². The lowest BCUT2D eigenvalue weighted by Crippen LogP contribution is -2.36. The first-order valence-corrected chi connectivity index (χ1v) is 10.1. The standard InChI is InChI=1S/C19H17N5O6S/c25-17(20-13-2-1-3-14-18(13)22-31-21-14)11-30-19(26)12-4-5-15(16(10-12)24(27)28)23-6-8-29-9-7-23/h1-5,10H,6-9,11H2,(H,20,25). The number of rotatable bonds is 6. The van der Waals surface area contributed by atoms with Gasteiger partial charge >= 0.3 is 5.97 Å². The maximum atomic E-state index is 12.4. The number of nitro groups is 1. The molecule has 1 amide bonds. The van der Waals surface area contributed by atoms with Gasteiger partial charge in [0.15, 0.2) is 6.61 Å². The molecule has 0 saturated carbocycles. The van der Waals surface area contributed by atoms with Gasteiger partial charge in [0.1, 0.15) is 16.7 Å². The number of nitrogens with one attached hydrogen (secondary N) is 1. The second kappa shape index (κ2) is 9.02. The zero-order chi connectivity index (χ0) is 21.8. The van der Waals surface area contributed by atoms with E-state index < -0.39 is 23.4 Å². The van der Waals surface area contributed by atoms with Crippen LogP contribution in [0.3, 0.4) is 0 Å². The van der Waals surface area contributed by atoms with Gasteiger partial charge in [-0.2, -0.15) is 8.75 Å². The normalized spacial score (nSPS) is 13.7. The van der Waals surface area contributed by atoms with Crippen LogP contribution >= 0.6 is 11.7 Å². The van der Waals surface area contributed by atoms with Crippen molar-refractivity contribution in [3.05, 3.63) is 52.1 Å². The number of anilines is 2. The van der Waals surface area contributed by atoms with Crippen molar-refractivity contribution in [3.63, 3.8) is 0 Å². The predicted molar refractivity (Wildman–Crippen MR) is 112 cm³/mol. The van der Waals surface area contributed by atoms with E-state index in [0.29, 0.717) is 48.7 Å². The number of nitrogens with zero attached hydrogens (tertiary/aromatic N) is 4. The fraction of sp³-hybridized carbons (Fsp3) is 0.263. The van der Waals surface area contributed by atoms with Gasteiger partial charge in [0, 0.05) is 19.2 Å². The maximum absolute atomic E-state index is 12.4. The van der Waals surface area contributed by atoms with Crippen molar-refractivity contribution in [1.82, 2.24) is 8.75 Å². The van der Waals surface area contributed by atoms with Gasteiger partial charge in [-0.25, -0.2) is 4.79 Å². The van der Waals surface area contributed by atoms with E-state index in [4.69, 9.17) is 9.47 Å². The average molecular weight is 443 g/mol. The Labute approximate surface area is 180 Å². The number of fused-ring (bicyclic) bond motifs is 1. The summed E-state index contributed by atoms with van der Waals surface area (Å²) in [7, 11) is 0. The highest BCUT2D eigenvalue weighted by Crippen LogP contribution is 2.30. The van der Waals surface area contributed by atoms with Gasteiger partial charge in [0.2, 0.25) is 0 Å². The number of esters is 1. The molecule has 0 radical (unpaired) electrons. The molecule has 3 aromatic rings. The lowest BCUT2D eigenvalue weighted by atomic mass is 10.1. The highest BCUT2D eigenvalue weighted by molar-refractivity contribution is 7.00. The lowest BCUT2D eigenvalue weighted by molar-refractivity contribution is -0.384. The zero-order valence-electron chi connectivity index (χ0n) is 16.1. The fourth-order valence-electron chi connectivity index (χ4n) is 3.18. The van der Waals surface area contributed by atoms with E-state index in [1.54, 1.807) is 18.2 Å². The maximum Gasteiger partial charge on any atom is 0.338 e. The smallest absolute Gasteiger partial charge is 0.338 e. The third-order valence-corrected chi connectivity index (χ3v) is 5.20. The Morgan fingerprint density at radius 2 is 2.03 bits per heavy atom. The summed E-state index contributed by atoms with van der Waals surface area (Å²) < 4.78 is 18.5. The summed E-state index contributed by atoms with van der Waals surface area (Å²) in [5.74, 6) is -1.39. The molecule has 1 saturated heterocycles. The third-order valence-electron chi connectivity index (χ3n) is 4.65. The minimum atomic E-state index is -0.833. The highest BCUT2D eigenvalue weighted by Gasteiger charge is 2.24. The number of aromatic nitrogens is 2.